The Labute approximate surface area is 203 Å². The number of amides is 2. The van der Waals surface area contributed by atoms with Crippen LogP contribution in [0.25, 0.3) is 11.1 Å². The van der Waals surface area contributed by atoms with Crippen LogP contribution in [0.3, 0.4) is 0 Å². The number of rotatable bonds is 3. The quantitative estimate of drug-likeness (QED) is 0.547. The number of alkyl halides is 3. The molecule has 0 unspecified atom stereocenters. The van der Waals surface area contributed by atoms with Crippen molar-refractivity contribution >= 4 is 23.2 Å². The lowest BCUT2D eigenvalue weighted by atomic mass is 9.91. The molecule has 3 heterocycles. The van der Waals surface area contributed by atoms with E-state index in [4.69, 9.17) is 9.47 Å². The molecule has 1 spiro atoms. The van der Waals surface area contributed by atoms with E-state index in [1.165, 1.54) is 0 Å². The maximum Gasteiger partial charge on any atom is 0.418 e. The van der Waals surface area contributed by atoms with Gasteiger partial charge in [0, 0.05) is 18.5 Å². The second-order valence-electron chi connectivity index (χ2n) is 8.68. The highest BCUT2D eigenvalue weighted by molar-refractivity contribution is 6.03. The van der Waals surface area contributed by atoms with Crippen LogP contribution in [-0.2, 0) is 15.7 Å². The van der Waals surface area contributed by atoms with Gasteiger partial charge in [0.1, 0.15) is 5.75 Å². The van der Waals surface area contributed by atoms with Crippen molar-refractivity contribution in [1.29, 1.82) is 0 Å². The molecule has 11 heteroatoms. The van der Waals surface area contributed by atoms with Crippen molar-refractivity contribution in [2.24, 2.45) is 0 Å². The van der Waals surface area contributed by atoms with Gasteiger partial charge in [-0.05, 0) is 53.9 Å². The van der Waals surface area contributed by atoms with Gasteiger partial charge in [-0.2, -0.15) is 18.3 Å². The summed E-state index contributed by atoms with van der Waals surface area (Å²) < 4.78 is 50.5. The summed E-state index contributed by atoms with van der Waals surface area (Å²) >= 11 is 0. The third-order valence-corrected chi connectivity index (χ3v) is 6.27. The zero-order valence-corrected chi connectivity index (χ0v) is 19.1. The molecule has 0 aliphatic carbocycles. The fourth-order valence-electron chi connectivity index (χ4n) is 4.24. The summed E-state index contributed by atoms with van der Waals surface area (Å²) in [5.41, 5.74) is 0.890. The minimum Gasteiger partial charge on any atom is -0.475 e. The molecule has 2 N–H and O–H groups in total. The van der Waals surface area contributed by atoms with E-state index in [1.807, 2.05) is 19.1 Å². The van der Waals surface area contributed by atoms with Crippen molar-refractivity contribution in [2.45, 2.75) is 31.5 Å². The lowest BCUT2D eigenvalue weighted by molar-refractivity contribution is -0.141. The molecule has 0 bridgehead atoms. The number of benzene rings is 2. The molecular weight excluding hydrogens is 477 g/mol. The highest BCUT2D eigenvalue weighted by Crippen LogP contribution is 2.41. The highest BCUT2D eigenvalue weighted by atomic mass is 19.4. The maximum absolute atomic E-state index is 13.0. The molecule has 0 radical (unpaired) electrons. The average Bonchev–Trinajstić information content (AvgIpc) is 2.86. The Bertz CT molecular complexity index is 1350. The largest absolute Gasteiger partial charge is 0.475 e. The first-order valence-electron chi connectivity index (χ1n) is 11.2. The van der Waals surface area contributed by atoms with Gasteiger partial charge in [0.25, 0.3) is 11.8 Å². The minimum atomic E-state index is -4.64. The molecule has 1 saturated heterocycles. The van der Waals surface area contributed by atoms with Crippen molar-refractivity contribution in [3.05, 3.63) is 65.5 Å². The number of anilines is 2. The van der Waals surface area contributed by atoms with E-state index in [9.17, 15) is 22.8 Å². The highest BCUT2D eigenvalue weighted by Gasteiger charge is 2.45. The first-order valence-corrected chi connectivity index (χ1v) is 11.2. The molecule has 2 aromatic carbocycles. The minimum absolute atomic E-state index is 0.190. The van der Waals surface area contributed by atoms with Gasteiger partial charge >= 0.3 is 6.18 Å². The van der Waals surface area contributed by atoms with E-state index in [2.05, 4.69) is 20.8 Å². The van der Waals surface area contributed by atoms with Crippen LogP contribution in [0.1, 0.15) is 34.5 Å². The van der Waals surface area contributed by atoms with E-state index in [0.717, 1.165) is 16.7 Å². The van der Waals surface area contributed by atoms with Gasteiger partial charge in [0.15, 0.2) is 11.3 Å². The summed E-state index contributed by atoms with van der Waals surface area (Å²) in [5.74, 6) is -0.479. The zero-order chi connectivity index (χ0) is 25.5. The number of hydrogen-bond acceptors (Lipinski definition) is 6. The number of aromatic nitrogens is 2. The molecule has 0 saturated carbocycles. The molecule has 186 valence electrons. The number of carbonyl (C=O) groups is 2. The summed E-state index contributed by atoms with van der Waals surface area (Å²) in [6, 6.07) is 11.2. The average molecular weight is 498 g/mol. The number of carbonyl (C=O) groups excluding carboxylic acids is 2. The van der Waals surface area contributed by atoms with Crippen LogP contribution < -0.4 is 15.4 Å². The maximum atomic E-state index is 13.0. The van der Waals surface area contributed by atoms with E-state index >= 15 is 0 Å². The van der Waals surface area contributed by atoms with E-state index in [-0.39, 0.29) is 5.91 Å². The normalized spacial score (nSPS) is 16.6. The predicted octanol–water partition coefficient (Wildman–Crippen LogP) is 4.60. The standard InChI is InChI=1S/C25H21F3N4O4/c1-14-2-4-17(30-22(33)20-11-16(13-29-32-20)25(26,27)28)12-18(14)15-3-5-19-21(10-15)36-24(23(34)31-19)6-8-35-9-7-24/h2-5,10-13H,6-9H2,1H3,(H,30,33)(H,31,34). The Morgan fingerprint density at radius 1 is 1.11 bits per heavy atom. The van der Waals surface area contributed by atoms with Crippen LogP contribution in [0.2, 0.25) is 0 Å². The summed E-state index contributed by atoms with van der Waals surface area (Å²) in [6.45, 7) is 2.75. The molecule has 5 rings (SSSR count). The van der Waals surface area contributed by atoms with Crippen LogP contribution in [0.5, 0.6) is 5.75 Å². The first kappa shape index (κ1) is 23.7. The lowest BCUT2D eigenvalue weighted by Gasteiger charge is -2.39. The van der Waals surface area contributed by atoms with Crippen LogP contribution in [0.15, 0.2) is 48.7 Å². The van der Waals surface area contributed by atoms with Gasteiger partial charge in [0.2, 0.25) is 0 Å². The summed E-state index contributed by atoms with van der Waals surface area (Å²) in [4.78, 5) is 25.2. The fourth-order valence-corrected chi connectivity index (χ4v) is 4.24. The molecule has 1 aromatic heterocycles. The second kappa shape index (κ2) is 8.90. The number of ether oxygens (including phenoxy) is 2. The summed E-state index contributed by atoms with van der Waals surface area (Å²) in [5, 5.41) is 12.3. The summed E-state index contributed by atoms with van der Waals surface area (Å²) in [6.07, 6.45) is -3.19. The van der Waals surface area contributed by atoms with E-state index < -0.39 is 28.9 Å². The van der Waals surface area contributed by atoms with Gasteiger partial charge < -0.3 is 20.1 Å². The van der Waals surface area contributed by atoms with E-state index in [1.54, 1.807) is 24.3 Å². The third-order valence-electron chi connectivity index (χ3n) is 6.27. The van der Waals surface area contributed by atoms with Crippen LogP contribution >= 0.6 is 0 Å². The molecule has 3 aromatic rings. The van der Waals surface area contributed by atoms with Gasteiger partial charge in [-0.25, -0.2) is 0 Å². The fraction of sp³-hybridized carbons (Fsp3) is 0.280. The Kier molecular flexibility index (Phi) is 5.87. The molecule has 2 aliphatic rings. The van der Waals surface area contributed by atoms with Gasteiger partial charge in [-0.1, -0.05) is 12.1 Å². The monoisotopic (exact) mass is 498 g/mol. The number of nitrogens with one attached hydrogen (secondary N) is 2. The van der Waals surface area contributed by atoms with Crippen molar-refractivity contribution in [1.82, 2.24) is 10.2 Å². The van der Waals surface area contributed by atoms with Crippen molar-refractivity contribution in [2.75, 3.05) is 23.8 Å². The zero-order valence-electron chi connectivity index (χ0n) is 19.1. The Balaban J connectivity index is 1.41. The van der Waals surface area contributed by atoms with Crippen molar-refractivity contribution in [3.8, 4) is 16.9 Å². The molecule has 8 nitrogen and oxygen atoms in total. The van der Waals surface area contributed by atoms with Crippen LogP contribution in [0.4, 0.5) is 24.5 Å². The van der Waals surface area contributed by atoms with Gasteiger partial charge in [0.05, 0.1) is 30.7 Å². The smallest absolute Gasteiger partial charge is 0.418 e. The second-order valence-corrected chi connectivity index (χ2v) is 8.68. The molecule has 0 atom stereocenters. The number of halogens is 3. The Morgan fingerprint density at radius 3 is 2.64 bits per heavy atom. The van der Waals surface area contributed by atoms with Crippen molar-refractivity contribution in [3.63, 3.8) is 0 Å². The molecule has 2 amide bonds. The Hall–Kier alpha value is -3.99. The molecule has 2 aliphatic heterocycles. The predicted molar refractivity (Wildman–Crippen MR) is 124 cm³/mol. The molecule has 1 fully saturated rings. The van der Waals surface area contributed by atoms with Gasteiger partial charge in [-0.3, -0.25) is 9.59 Å². The first-order chi connectivity index (χ1) is 17.1. The third kappa shape index (κ3) is 4.49. The van der Waals surface area contributed by atoms with Crippen LogP contribution in [0, 0.1) is 6.92 Å². The number of fused-ring (bicyclic) bond motifs is 1. The Morgan fingerprint density at radius 2 is 1.89 bits per heavy atom. The van der Waals surface area contributed by atoms with Gasteiger partial charge in [-0.15, -0.1) is 5.10 Å². The molecule has 36 heavy (non-hydrogen) atoms. The number of hydrogen-bond donors (Lipinski definition) is 2. The number of nitrogens with zero attached hydrogens (tertiary/aromatic N) is 2. The van der Waals surface area contributed by atoms with E-state index in [0.29, 0.717) is 55.4 Å². The van der Waals surface area contributed by atoms with Crippen LogP contribution in [-0.4, -0.2) is 40.8 Å². The molecular formula is C25H21F3N4O4. The van der Waals surface area contributed by atoms with Crippen molar-refractivity contribution < 1.29 is 32.2 Å². The SMILES string of the molecule is Cc1ccc(NC(=O)c2cc(C(F)(F)F)cnn2)cc1-c1ccc2c(c1)OC1(CCOCC1)C(=O)N2. The topological polar surface area (TPSA) is 102 Å². The lowest BCUT2D eigenvalue weighted by Crippen LogP contribution is -2.54. The number of aryl methyl sites for hydroxylation is 1. The summed E-state index contributed by atoms with van der Waals surface area (Å²) in [7, 11) is 0.